The van der Waals surface area contributed by atoms with Gasteiger partial charge >= 0.3 is 6.18 Å². The second-order valence-electron chi connectivity index (χ2n) is 3.93. The maximum Gasteiger partial charge on any atom is 0.391 e. The van der Waals surface area contributed by atoms with Crippen molar-refractivity contribution < 1.29 is 27.9 Å². The fourth-order valence-electron chi connectivity index (χ4n) is 1.48. The lowest BCUT2D eigenvalue weighted by Gasteiger charge is -2.11. The van der Waals surface area contributed by atoms with E-state index in [0.29, 0.717) is 16.9 Å². The number of alkyl halides is 3. The molecule has 0 aliphatic heterocycles. The van der Waals surface area contributed by atoms with E-state index in [1.54, 1.807) is 12.1 Å². The Labute approximate surface area is 113 Å². The number of rotatable bonds is 6. The van der Waals surface area contributed by atoms with Crippen molar-refractivity contribution in [1.82, 2.24) is 0 Å². The van der Waals surface area contributed by atoms with Gasteiger partial charge < -0.3 is 20.4 Å². The van der Waals surface area contributed by atoms with Gasteiger partial charge in [0.2, 0.25) is 0 Å². The highest BCUT2D eigenvalue weighted by Gasteiger charge is 2.26. The number of amidine groups is 1. The predicted octanol–water partition coefficient (Wildman–Crippen LogP) is 2.26. The maximum atomic E-state index is 12.0. The van der Waals surface area contributed by atoms with E-state index in [1.807, 2.05) is 0 Å². The van der Waals surface area contributed by atoms with Crippen molar-refractivity contribution >= 4 is 5.84 Å². The van der Waals surface area contributed by atoms with Gasteiger partial charge in [0.25, 0.3) is 0 Å². The molecule has 0 bridgehead atoms. The Bertz CT molecular complexity index is 476. The second-order valence-corrected chi connectivity index (χ2v) is 3.93. The van der Waals surface area contributed by atoms with E-state index in [9.17, 15) is 13.2 Å². The summed E-state index contributed by atoms with van der Waals surface area (Å²) in [4.78, 5) is 0. The number of nitrogens with zero attached hydrogens (tertiary/aromatic N) is 1. The molecule has 1 aromatic rings. The van der Waals surface area contributed by atoms with Crippen LogP contribution in [0.15, 0.2) is 23.4 Å². The number of halogens is 3. The van der Waals surface area contributed by atoms with Crippen LogP contribution in [0.4, 0.5) is 13.2 Å². The van der Waals surface area contributed by atoms with Gasteiger partial charge in [-0.05, 0) is 18.2 Å². The van der Waals surface area contributed by atoms with Crippen LogP contribution in [0.2, 0.25) is 0 Å². The summed E-state index contributed by atoms with van der Waals surface area (Å²) < 4.78 is 46.0. The van der Waals surface area contributed by atoms with E-state index in [-0.39, 0.29) is 12.4 Å². The summed E-state index contributed by atoms with van der Waals surface area (Å²) >= 11 is 0. The highest BCUT2D eigenvalue weighted by atomic mass is 19.4. The Balaban J connectivity index is 2.72. The standard InChI is InChI=1S/C12H15F3N2O3/c1-19-10-3-2-8(11(16)17-18)6-9(10)7-20-5-4-12(13,14)15/h2-3,6,18H,4-5,7H2,1H3,(H2,16,17). The first kappa shape index (κ1) is 16.1. The number of methoxy groups -OCH3 is 1. The van der Waals surface area contributed by atoms with Gasteiger partial charge in [-0.2, -0.15) is 13.2 Å². The van der Waals surface area contributed by atoms with Crippen LogP contribution in [0.3, 0.4) is 0 Å². The van der Waals surface area contributed by atoms with Crippen LogP contribution < -0.4 is 10.5 Å². The Morgan fingerprint density at radius 2 is 2.10 bits per heavy atom. The minimum atomic E-state index is -4.25. The number of nitrogens with two attached hydrogens (primary N) is 1. The average Bonchev–Trinajstić information content (AvgIpc) is 2.41. The molecule has 0 radical (unpaired) electrons. The largest absolute Gasteiger partial charge is 0.496 e. The Hall–Kier alpha value is -1.96. The van der Waals surface area contributed by atoms with Gasteiger partial charge in [0, 0.05) is 11.1 Å². The third-order valence-corrected chi connectivity index (χ3v) is 2.47. The molecule has 20 heavy (non-hydrogen) atoms. The zero-order valence-corrected chi connectivity index (χ0v) is 10.8. The van der Waals surface area contributed by atoms with E-state index < -0.39 is 19.2 Å². The first-order chi connectivity index (χ1) is 9.37. The van der Waals surface area contributed by atoms with Gasteiger partial charge in [-0.1, -0.05) is 5.16 Å². The molecule has 0 fully saturated rings. The van der Waals surface area contributed by atoms with Crippen molar-refractivity contribution in [2.45, 2.75) is 19.2 Å². The summed E-state index contributed by atoms with van der Waals surface area (Å²) in [6.07, 6.45) is -5.27. The smallest absolute Gasteiger partial charge is 0.391 e. The first-order valence-corrected chi connectivity index (χ1v) is 5.66. The monoisotopic (exact) mass is 292 g/mol. The van der Waals surface area contributed by atoms with E-state index in [2.05, 4.69) is 5.16 Å². The van der Waals surface area contributed by atoms with E-state index >= 15 is 0 Å². The molecule has 0 saturated heterocycles. The van der Waals surface area contributed by atoms with E-state index in [4.69, 9.17) is 20.4 Å². The minimum absolute atomic E-state index is 0.0637. The van der Waals surface area contributed by atoms with E-state index in [1.165, 1.54) is 13.2 Å². The number of hydrogen-bond acceptors (Lipinski definition) is 4. The average molecular weight is 292 g/mol. The molecule has 0 atom stereocenters. The number of hydrogen-bond donors (Lipinski definition) is 2. The molecular formula is C12H15F3N2O3. The maximum absolute atomic E-state index is 12.0. The Morgan fingerprint density at radius 3 is 2.65 bits per heavy atom. The summed E-state index contributed by atoms with van der Waals surface area (Å²) in [6, 6.07) is 4.66. The quantitative estimate of drug-likeness (QED) is 0.277. The SMILES string of the molecule is COc1ccc(/C(N)=N/O)cc1COCCC(F)(F)F. The van der Waals surface area contributed by atoms with Crippen molar-refractivity contribution in [2.75, 3.05) is 13.7 Å². The topological polar surface area (TPSA) is 77.1 Å². The van der Waals surface area contributed by atoms with Gasteiger partial charge in [0.1, 0.15) is 5.75 Å². The molecule has 0 unspecified atom stereocenters. The first-order valence-electron chi connectivity index (χ1n) is 5.66. The van der Waals surface area contributed by atoms with Crippen LogP contribution >= 0.6 is 0 Å². The summed E-state index contributed by atoms with van der Waals surface area (Å²) in [5.74, 6) is 0.343. The number of benzene rings is 1. The third kappa shape index (κ3) is 4.96. The number of oxime groups is 1. The van der Waals surface area contributed by atoms with Gasteiger partial charge in [0.15, 0.2) is 5.84 Å². The highest BCUT2D eigenvalue weighted by molar-refractivity contribution is 5.97. The molecule has 5 nitrogen and oxygen atoms in total. The van der Waals surface area contributed by atoms with Crippen molar-refractivity contribution in [3.05, 3.63) is 29.3 Å². The molecule has 0 spiro atoms. The molecule has 0 aliphatic carbocycles. The van der Waals surface area contributed by atoms with Crippen LogP contribution in [-0.4, -0.2) is 30.9 Å². The number of ether oxygens (including phenoxy) is 2. The van der Waals surface area contributed by atoms with Crippen molar-refractivity contribution in [3.8, 4) is 5.75 Å². The van der Waals surface area contributed by atoms with Gasteiger partial charge in [-0.3, -0.25) is 0 Å². The lowest BCUT2D eigenvalue weighted by atomic mass is 10.1. The fourth-order valence-corrected chi connectivity index (χ4v) is 1.48. The second kappa shape index (κ2) is 6.99. The summed E-state index contributed by atoms with van der Waals surface area (Å²) in [5.41, 5.74) is 6.37. The summed E-state index contributed by atoms with van der Waals surface area (Å²) in [5, 5.41) is 11.4. The molecule has 8 heteroatoms. The molecule has 0 saturated carbocycles. The molecule has 3 N–H and O–H groups in total. The van der Waals surface area contributed by atoms with Crippen molar-refractivity contribution in [2.24, 2.45) is 10.9 Å². The Kier molecular flexibility index (Phi) is 5.63. The normalized spacial score (nSPS) is 12.5. The van der Waals surface area contributed by atoms with Crippen molar-refractivity contribution in [1.29, 1.82) is 0 Å². The van der Waals surface area contributed by atoms with Crippen LogP contribution in [0, 0.1) is 0 Å². The fraction of sp³-hybridized carbons (Fsp3) is 0.417. The molecule has 0 aromatic heterocycles. The van der Waals surface area contributed by atoms with Crippen LogP contribution in [0.1, 0.15) is 17.5 Å². The highest BCUT2D eigenvalue weighted by Crippen LogP contribution is 2.22. The van der Waals surface area contributed by atoms with Crippen LogP contribution in [0.25, 0.3) is 0 Å². The molecule has 1 aromatic carbocycles. The molecule has 112 valence electrons. The lowest BCUT2D eigenvalue weighted by Crippen LogP contribution is -2.14. The predicted molar refractivity (Wildman–Crippen MR) is 65.8 cm³/mol. The lowest BCUT2D eigenvalue weighted by molar-refractivity contribution is -0.146. The Morgan fingerprint density at radius 1 is 1.40 bits per heavy atom. The third-order valence-electron chi connectivity index (χ3n) is 2.47. The zero-order valence-electron chi connectivity index (χ0n) is 10.8. The zero-order chi connectivity index (χ0) is 15.2. The van der Waals surface area contributed by atoms with Crippen LogP contribution in [0.5, 0.6) is 5.75 Å². The van der Waals surface area contributed by atoms with Gasteiger partial charge in [-0.15, -0.1) is 0 Å². The molecule has 0 aliphatic rings. The van der Waals surface area contributed by atoms with Crippen molar-refractivity contribution in [3.63, 3.8) is 0 Å². The van der Waals surface area contributed by atoms with Crippen LogP contribution in [-0.2, 0) is 11.3 Å². The van der Waals surface area contributed by atoms with Gasteiger partial charge in [-0.25, -0.2) is 0 Å². The van der Waals surface area contributed by atoms with Gasteiger partial charge in [0.05, 0.1) is 26.7 Å². The molecule has 0 heterocycles. The summed E-state index contributed by atoms with van der Waals surface area (Å²) in [7, 11) is 1.43. The molecule has 0 amide bonds. The molecular weight excluding hydrogens is 277 g/mol. The molecule has 1 rings (SSSR count). The van der Waals surface area contributed by atoms with E-state index in [0.717, 1.165) is 0 Å². The minimum Gasteiger partial charge on any atom is -0.496 e. The summed E-state index contributed by atoms with van der Waals surface area (Å²) in [6.45, 7) is -0.508.